The lowest BCUT2D eigenvalue weighted by molar-refractivity contribution is -0.147. The van der Waals surface area contributed by atoms with Gasteiger partial charge in [-0.25, -0.2) is 4.79 Å². The zero-order valence-electron chi connectivity index (χ0n) is 19.1. The van der Waals surface area contributed by atoms with E-state index in [1.165, 1.54) is 0 Å². The van der Waals surface area contributed by atoms with Gasteiger partial charge in [0.05, 0.1) is 19.1 Å². The Morgan fingerprint density at radius 2 is 1.38 bits per heavy atom. The molecule has 3 amide bonds. The molecule has 4 unspecified atom stereocenters. The van der Waals surface area contributed by atoms with Gasteiger partial charge in [0, 0.05) is 0 Å². The van der Waals surface area contributed by atoms with Crippen LogP contribution in [0.3, 0.4) is 0 Å². The molecule has 0 aliphatic carbocycles. The van der Waals surface area contributed by atoms with Gasteiger partial charge in [0.1, 0.15) is 18.1 Å². The molecular formula is C22H32N4O8. The molecule has 0 aliphatic rings. The summed E-state index contributed by atoms with van der Waals surface area (Å²) in [5.74, 6) is -5.52. The third-order valence-corrected chi connectivity index (χ3v) is 4.78. The van der Waals surface area contributed by atoms with Gasteiger partial charge in [0.25, 0.3) is 0 Å². The largest absolute Gasteiger partial charge is 0.481 e. The lowest BCUT2D eigenvalue weighted by Gasteiger charge is -2.25. The number of carboxylic acid groups (broad SMARTS) is 2. The van der Waals surface area contributed by atoms with Gasteiger partial charge < -0.3 is 37.0 Å². The maximum Gasteiger partial charge on any atom is 0.326 e. The summed E-state index contributed by atoms with van der Waals surface area (Å²) in [5.41, 5.74) is 6.81. The minimum atomic E-state index is -1.75. The van der Waals surface area contributed by atoms with Crippen LogP contribution in [0.2, 0.25) is 0 Å². The number of rotatable bonds is 14. The van der Waals surface area contributed by atoms with Gasteiger partial charge in [-0.1, -0.05) is 44.2 Å². The third kappa shape index (κ3) is 9.96. The van der Waals surface area contributed by atoms with E-state index in [0.29, 0.717) is 0 Å². The Hall–Kier alpha value is -3.51. The molecule has 0 aliphatic heterocycles. The van der Waals surface area contributed by atoms with E-state index in [-0.39, 0.29) is 18.8 Å². The first kappa shape index (κ1) is 28.5. The molecule has 12 heteroatoms. The van der Waals surface area contributed by atoms with Gasteiger partial charge in [0.2, 0.25) is 17.7 Å². The summed E-state index contributed by atoms with van der Waals surface area (Å²) < 4.78 is 0. The molecule has 1 rings (SSSR count). The molecule has 0 saturated heterocycles. The highest BCUT2D eigenvalue weighted by Crippen LogP contribution is 2.08. The van der Waals surface area contributed by atoms with Gasteiger partial charge in [-0.15, -0.1) is 0 Å². The molecule has 34 heavy (non-hydrogen) atoms. The lowest BCUT2D eigenvalue weighted by Crippen LogP contribution is -2.58. The fourth-order valence-electron chi connectivity index (χ4n) is 3.06. The summed E-state index contributed by atoms with van der Waals surface area (Å²) in [6, 6.07) is 3.73. The highest BCUT2D eigenvalue weighted by atomic mass is 16.4. The van der Waals surface area contributed by atoms with Crippen molar-refractivity contribution in [3.05, 3.63) is 35.9 Å². The van der Waals surface area contributed by atoms with Crippen molar-refractivity contribution in [3.8, 4) is 0 Å². The molecule has 0 saturated carbocycles. The summed E-state index contributed by atoms with van der Waals surface area (Å²) in [5, 5.41) is 34.2. The van der Waals surface area contributed by atoms with Crippen LogP contribution in [-0.2, 0) is 30.4 Å². The average molecular weight is 481 g/mol. The molecule has 0 spiro atoms. The number of benzene rings is 1. The highest BCUT2D eigenvalue weighted by Gasteiger charge is 2.31. The van der Waals surface area contributed by atoms with E-state index in [1.54, 1.807) is 12.1 Å². The number of carbonyl (C=O) groups is 5. The van der Waals surface area contributed by atoms with Crippen LogP contribution >= 0.6 is 0 Å². The first-order chi connectivity index (χ1) is 15.9. The number of nitrogens with two attached hydrogens (primary N) is 1. The van der Waals surface area contributed by atoms with E-state index < -0.39 is 66.9 Å². The molecule has 0 fully saturated rings. The molecule has 0 radical (unpaired) electrons. The number of aliphatic hydroxyl groups excluding tert-OH is 1. The van der Waals surface area contributed by atoms with Crippen LogP contribution in [0.1, 0.15) is 32.3 Å². The van der Waals surface area contributed by atoms with E-state index in [9.17, 15) is 29.1 Å². The van der Waals surface area contributed by atoms with Crippen molar-refractivity contribution in [2.75, 3.05) is 6.61 Å². The van der Waals surface area contributed by atoms with Gasteiger partial charge in [-0.05, 0) is 24.3 Å². The molecule has 4 atom stereocenters. The van der Waals surface area contributed by atoms with Crippen LogP contribution in [0.25, 0.3) is 0 Å². The smallest absolute Gasteiger partial charge is 0.326 e. The second-order valence-corrected chi connectivity index (χ2v) is 8.23. The SMILES string of the molecule is CC(C)CC(NC(=O)C(N)Cc1ccccc1)C(=O)NC(CO)C(=O)NC(CC(=O)O)C(=O)O. The summed E-state index contributed by atoms with van der Waals surface area (Å²) in [6.45, 7) is 2.75. The molecule has 12 nitrogen and oxygen atoms in total. The number of carbonyl (C=O) groups excluding carboxylic acids is 3. The van der Waals surface area contributed by atoms with Gasteiger partial charge in [-0.3, -0.25) is 19.2 Å². The second kappa shape index (κ2) is 13.9. The van der Waals surface area contributed by atoms with Crippen molar-refractivity contribution < 1.29 is 39.3 Å². The van der Waals surface area contributed by atoms with Crippen LogP contribution in [0, 0.1) is 5.92 Å². The maximum absolute atomic E-state index is 12.8. The number of aliphatic hydroxyl groups is 1. The Morgan fingerprint density at radius 3 is 1.88 bits per heavy atom. The van der Waals surface area contributed by atoms with Gasteiger partial charge >= 0.3 is 11.9 Å². The van der Waals surface area contributed by atoms with Crippen molar-refractivity contribution in [3.63, 3.8) is 0 Å². The lowest BCUT2D eigenvalue weighted by atomic mass is 10.0. The quantitative estimate of drug-likeness (QED) is 0.167. The van der Waals surface area contributed by atoms with Gasteiger partial charge in [-0.2, -0.15) is 0 Å². The molecule has 0 aromatic heterocycles. The monoisotopic (exact) mass is 480 g/mol. The van der Waals surface area contributed by atoms with Crippen LogP contribution in [0.15, 0.2) is 30.3 Å². The Labute approximate surface area is 196 Å². The number of hydrogen-bond acceptors (Lipinski definition) is 7. The van der Waals surface area contributed by atoms with Crippen LogP contribution in [-0.4, -0.2) is 75.8 Å². The summed E-state index contributed by atoms with van der Waals surface area (Å²) in [7, 11) is 0. The predicted molar refractivity (Wildman–Crippen MR) is 120 cm³/mol. The maximum atomic E-state index is 12.8. The first-order valence-corrected chi connectivity index (χ1v) is 10.7. The van der Waals surface area contributed by atoms with Crippen LogP contribution < -0.4 is 21.7 Å². The van der Waals surface area contributed by atoms with E-state index in [1.807, 2.05) is 37.4 Å². The number of aliphatic carboxylic acids is 2. The summed E-state index contributed by atoms with van der Waals surface area (Å²) in [6.07, 6.45) is -0.449. The van der Waals surface area contributed by atoms with Crippen molar-refractivity contribution in [1.82, 2.24) is 16.0 Å². The Balaban J connectivity index is 2.85. The van der Waals surface area contributed by atoms with Crippen molar-refractivity contribution in [1.29, 1.82) is 0 Å². The molecule has 0 bridgehead atoms. The molecular weight excluding hydrogens is 448 g/mol. The van der Waals surface area contributed by atoms with Gasteiger partial charge in [0.15, 0.2) is 0 Å². The Morgan fingerprint density at radius 1 is 0.853 bits per heavy atom. The second-order valence-electron chi connectivity index (χ2n) is 8.23. The minimum absolute atomic E-state index is 0.0326. The van der Waals surface area contributed by atoms with Crippen molar-refractivity contribution in [2.45, 2.75) is 57.3 Å². The van der Waals surface area contributed by atoms with E-state index in [2.05, 4.69) is 10.6 Å². The van der Waals surface area contributed by atoms with Crippen molar-refractivity contribution >= 4 is 29.7 Å². The minimum Gasteiger partial charge on any atom is -0.481 e. The normalized spacial score (nSPS) is 14.4. The third-order valence-electron chi connectivity index (χ3n) is 4.78. The summed E-state index contributed by atoms with van der Waals surface area (Å²) >= 11 is 0. The standard InChI is InChI=1S/C22H32N4O8/c1-12(2)8-15(24-19(30)14(23)9-13-6-4-3-5-7-13)20(31)26-17(11-27)21(32)25-16(22(33)34)10-18(28)29/h3-7,12,14-17,27H,8-11,23H2,1-2H3,(H,24,30)(H,25,32)(H,26,31)(H,28,29)(H,33,34). The average Bonchev–Trinajstić information content (AvgIpc) is 2.76. The predicted octanol–water partition coefficient (Wildman–Crippen LogP) is -1.39. The molecule has 188 valence electrons. The fraction of sp³-hybridized carbons (Fsp3) is 0.500. The van der Waals surface area contributed by atoms with E-state index >= 15 is 0 Å². The Kier molecular flexibility index (Phi) is 11.7. The summed E-state index contributed by atoms with van der Waals surface area (Å²) in [4.78, 5) is 59.7. The topological polar surface area (TPSA) is 208 Å². The molecule has 0 heterocycles. The van der Waals surface area contributed by atoms with E-state index in [0.717, 1.165) is 5.56 Å². The first-order valence-electron chi connectivity index (χ1n) is 10.7. The van der Waals surface area contributed by atoms with Crippen LogP contribution in [0.5, 0.6) is 0 Å². The highest BCUT2D eigenvalue weighted by molar-refractivity contribution is 5.94. The zero-order valence-corrected chi connectivity index (χ0v) is 19.1. The zero-order chi connectivity index (χ0) is 25.8. The number of hydrogen-bond donors (Lipinski definition) is 7. The Bertz CT molecular complexity index is 862. The van der Waals surface area contributed by atoms with Crippen LogP contribution in [0.4, 0.5) is 0 Å². The number of carboxylic acids is 2. The molecule has 1 aromatic carbocycles. The molecule has 1 aromatic rings. The van der Waals surface area contributed by atoms with E-state index in [4.69, 9.17) is 15.9 Å². The molecule has 8 N–H and O–H groups in total. The fourth-order valence-corrected chi connectivity index (χ4v) is 3.06. The van der Waals surface area contributed by atoms with Crippen molar-refractivity contribution in [2.24, 2.45) is 11.7 Å². The number of amides is 3. The number of nitrogens with one attached hydrogen (secondary N) is 3.